The lowest BCUT2D eigenvalue weighted by molar-refractivity contribution is -0.118. The molecule has 0 spiro atoms. The smallest absolute Gasteiger partial charge is 0.242 e. The Kier molecular flexibility index (Phi) is 4.86. The van der Waals surface area contributed by atoms with Gasteiger partial charge in [-0.1, -0.05) is 12.1 Å². The van der Waals surface area contributed by atoms with Crippen LogP contribution in [0.25, 0.3) is 10.9 Å². The number of methoxy groups -OCH3 is 1. The summed E-state index contributed by atoms with van der Waals surface area (Å²) in [6.45, 7) is 3.90. The van der Waals surface area contributed by atoms with E-state index in [-0.39, 0.29) is 17.9 Å². The number of aryl methyl sites for hydroxylation is 1. The van der Waals surface area contributed by atoms with Crippen LogP contribution in [0.1, 0.15) is 24.8 Å². The third kappa shape index (κ3) is 3.43. The Labute approximate surface area is 159 Å². The van der Waals surface area contributed by atoms with E-state index >= 15 is 0 Å². The number of aromatic nitrogens is 1. The van der Waals surface area contributed by atoms with E-state index in [0.29, 0.717) is 0 Å². The topological polar surface area (TPSA) is 55.3 Å². The summed E-state index contributed by atoms with van der Waals surface area (Å²) in [5, 5.41) is 7.59. The van der Waals surface area contributed by atoms with E-state index in [9.17, 15) is 4.79 Å². The second-order valence-electron chi connectivity index (χ2n) is 6.96. The van der Waals surface area contributed by atoms with E-state index in [4.69, 9.17) is 4.74 Å². The zero-order chi connectivity index (χ0) is 18.8. The minimum atomic E-state index is -0.227. The SMILES string of the molecule is CCn1ccc2cc(NC(=O)[C@H]3NCC[C@@H]3c3ccc(OC)cc3)ccc21. The molecule has 1 amide bonds. The highest BCUT2D eigenvalue weighted by Crippen LogP contribution is 2.30. The molecule has 1 aromatic heterocycles. The summed E-state index contributed by atoms with van der Waals surface area (Å²) in [6.07, 6.45) is 3.03. The van der Waals surface area contributed by atoms with E-state index in [1.165, 1.54) is 5.52 Å². The Hall–Kier alpha value is -2.79. The molecule has 0 radical (unpaired) electrons. The molecule has 2 atom stereocenters. The molecule has 1 aliphatic heterocycles. The number of anilines is 1. The lowest BCUT2D eigenvalue weighted by atomic mass is 9.91. The number of hydrogen-bond donors (Lipinski definition) is 2. The Bertz CT molecular complexity index is 946. The molecule has 0 bridgehead atoms. The fourth-order valence-electron chi connectivity index (χ4n) is 3.96. The molecule has 0 unspecified atom stereocenters. The number of rotatable bonds is 5. The maximum Gasteiger partial charge on any atom is 0.242 e. The van der Waals surface area contributed by atoms with Gasteiger partial charge in [0.2, 0.25) is 5.91 Å². The van der Waals surface area contributed by atoms with Crippen molar-refractivity contribution < 1.29 is 9.53 Å². The Morgan fingerprint density at radius 2 is 2.04 bits per heavy atom. The van der Waals surface area contributed by atoms with Crippen LogP contribution in [0.3, 0.4) is 0 Å². The third-order valence-electron chi connectivity index (χ3n) is 5.43. The summed E-state index contributed by atoms with van der Waals surface area (Å²) in [7, 11) is 1.66. The summed E-state index contributed by atoms with van der Waals surface area (Å²) in [5.41, 5.74) is 3.19. The molecule has 2 heterocycles. The molecule has 2 aromatic carbocycles. The molecule has 1 fully saturated rings. The third-order valence-corrected chi connectivity index (χ3v) is 5.43. The Balaban J connectivity index is 1.51. The van der Waals surface area contributed by atoms with Gasteiger partial charge in [-0.05, 0) is 61.9 Å². The van der Waals surface area contributed by atoms with Gasteiger partial charge in [-0.3, -0.25) is 4.79 Å². The number of ether oxygens (including phenoxy) is 1. The average molecular weight is 363 g/mol. The normalized spacial score (nSPS) is 19.3. The molecule has 5 heteroatoms. The molecule has 1 aliphatic rings. The lowest BCUT2D eigenvalue weighted by Gasteiger charge is -2.20. The van der Waals surface area contributed by atoms with E-state index in [1.807, 2.05) is 24.3 Å². The van der Waals surface area contributed by atoms with Crippen LogP contribution in [0.4, 0.5) is 5.69 Å². The lowest BCUT2D eigenvalue weighted by Crippen LogP contribution is -2.39. The summed E-state index contributed by atoms with van der Waals surface area (Å²) in [6, 6.07) is 15.9. The maximum absolute atomic E-state index is 12.9. The number of fused-ring (bicyclic) bond motifs is 1. The van der Waals surface area contributed by atoms with Crippen LogP contribution in [0.2, 0.25) is 0 Å². The number of benzene rings is 2. The van der Waals surface area contributed by atoms with E-state index in [0.717, 1.165) is 41.9 Å². The van der Waals surface area contributed by atoms with E-state index < -0.39 is 0 Å². The number of hydrogen-bond acceptors (Lipinski definition) is 3. The van der Waals surface area contributed by atoms with Crippen LogP contribution in [-0.4, -0.2) is 30.2 Å². The molecule has 3 aromatic rings. The quantitative estimate of drug-likeness (QED) is 0.726. The first kappa shape index (κ1) is 17.6. The van der Waals surface area contributed by atoms with Crippen molar-refractivity contribution in [3.05, 3.63) is 60.3 Å². The molecule has 140 valence electrons. The standard InChI is InChI=1S/C22H25N3O2/c1-3-25-13-11-16-14-17(6-9-20(16)25)24-22(26)21-19(10-12-23-21)15-4-7-18(27-2)8-5-15/h4-9,11,13-14,19,21,23H,3,10,12H2,1-2H3,(H,24,26)/t19-,21+/m1/s1. The zero-order valence-electron chi connectivity index (χ0n) is 15.7. The van der Waals surface area contributed by atoms with E-state index in [1.54, 1.807) is 7.11 Å². The number of carbonyl (C=O) groups excluding carboxylic acids is 1. The second-order valence-corrected chi connectivity index (χ2v) is 6.96. The number of amides is 1. The zero-order valence-corrected chi connectivity index (χ0v) is 15.7. The van der Waals surface area contributed by atoms with Gasteiger partial charge in [0, 0.05) is 35.2 Å². The molecule has 4 rings (SSSR count). The first-order valence-electron chi connectivity index (χ1n) is 9.46. The molecule has 0 saturated carbocycles. The molecule has 5 nitrogen and oxygen atoms in total. The fourth-order valence-corrected chi connectivity index (χ4v) is 3.96. The van der Waals surface area contributed by atoms with Gasteiger partial charge >= 0.3 is 0 Å². The van der Waals surface area contributed by atoms with Gasteiger partial charge in [-0.2, -0.15) is 0 Å². The van der Waals surface area contributed by atoms with Gasteiger partial charge in [-0.15, -0.1) is 0 Å². The van der Waals surface area contributed by atoms with Gasteiger partial charge in [0.05, 0.1) is 13.2 Å². The van der Waals surface area contributed by atoms with Crippen LogP contribution in [0.5, 0.6) is 5.75 Å². The highest BCUT2D eigenvalue weighted by atomic mass is 16.5. The van der Waals surface area contributed by atoms with Gasteiger partial charge in [0.1, 0.15) is 5.75 Å². The van der Waals surface area contributed by atoms with Crippen LogP contribution in [0.15, 0.2) is 54.7 Å². The molecule has 2 N–H and O–H groups in total. The van der Waals surface area contributed by atoms with Crippen molar-refractivity contribution in [2.75, 3.05) is 19.0 Å². The number of nitrogens with zero attached hydrogens (tertiary/aromatic N) is 1. The van der Waals surface area contributed by atoms with Crippen molar-refractivity contribution in [1.29, 1.82) is 0 Å². The molecule has 27 heavy (non-hydrogen) atoms. The summed E-state index contributed by atoms with van der Waals surface area (Å²) >= 11 is 0. The van der Waals surface area contributed by atoms with Crippen LogP contribution in [-0.2, 0) is 11.3 Å². The predicted octanol–water partition coefficient (Wildman–Crippen LogP) is 3.75. The summed E-state index contributed by atoms with van der Waals surface area (Å²) < 4.78 is 7.43. The molecule has 1 saturated heterocycles. The first-order chi connectivity index (χ1) is 13.2. The Morgan fingerprint density at radius 1 is 1.22 bits per heavy atom. The van der Waals surface area contributed by atoms with Crippen molar-refractivity contribution in [2.24, 2.45) is 0 Å². The minimum absolute atomic E-state index is 0.0163. The monoisotopic (exact) mass is 363 g/mol. The van der Waals surface area contributed by atoms with Gasteiger partial charge in [-0.25, -0.2) is 0 Å². The summed E-state index contributed by atoms with van der Waals surface area (Å²) in [5.74, 6) is 1.02. The van der Waals surface area contributed by atoms with Crippen molar-refractivity contribution >= 4 is 22.5 Å². The molecule has 0 aliphatic carbocycles. The van der Waals surface area contributed by atoms with Crippen LogP contribution in [0, 0.1) is 0 Å². The van der Waals surface area contributed by atoms with Crippen LogP contribution < -0.4 is 15.4 Å². The van der Waals surface area contributed by atoms with Gasteiger partial charge in [0.25, 0.3) is 0 Å². The fraction of sp³-hybridized carbons (Fsp3) is 0.318. The van der Waals surface area contributed by atoms with Crippen molar-refractivity contribution in [3.8, 4) is 5.75 Å². The second kappa shape index (κ2) is 7.45. The van der Waals surface area contributed by atoms with Crippen molar-refractivity contribution in [2.45, 2.75) is 31.8 Å². The maximum atomic E-state index is 12.9. The van der Waals surface area contributed by atoms with Crippen molar-refractivity contribution in [3.63, 3.8) is 0 Å². The largest absolute Gasteiger partial charge is 0.497 e. The van der Waals surface area contributed by atoms with Crippen LogP contribution >= 0.6 is 0 Å². The van der Waals surface area contributed by atoms with Gasteiger partial charge < -0.3 is 19.9 Å². The van der Waals surface area contributed by atoms with E-state index in [2.05, 4.69) is 52.6 Å². The minimum Gasteiger partial charge on any atom is -0.497 e. The molecular formula is C22H25N3O2. The predicted molar refractivity (Wildman–Crippen MR) is 108 cm³/mol. The number of nitrogens with one attached hydrogen (secondary N) is 2. The Morgan fingerprint density at radius 3 is 2.78 bits per heavy atom. The average Bonchev–Trinajstić information content (AvgIpc) is 3.34. The van der Waals surface area contributed by atoms with Gasteiger partial charge in [0.15, 0.2) is 0 Å². The number of carbonyl (C=O) groups is 1. The highest BCUT2D eigenvalue weighted by Gasteiger charge is 2.33. The molecular weight excluding hydrogens is 338 g/mol. The van der Waals surface area contributed by atoms with Crippen molar-refractivity contribution in [1.82, 2.24) is 9.88 Å². The first-order valence-corrected chi connectivity index (χ1v) is 9.46. The highest BCUT2D eigenvalue weighted by molar-refractivity contribution is 5.97. The summed E-state index contributed by atoms with van der Waals surface area (Å²) in [4.78, 5) is 12.9.